The number of halogens is 3. The minimum absolute atomic E-state index is 0. The standard InChI is InChI=1S/C11H10Br.C4H10N.2CH3.2ClH.Si.Zr/c1-7-5-9-3-4-11(12)8(2)10(9)6-7;1-4(2,3)5;;;;;;/h3-6H,1-2H3;5H,1-3H3;2*1H3;2*1H;;/q4*-1;;;;. The molecule has 0 amide bonds. The van der Waals surface area contributed by atoms with Gasteiger partial charge in [-0.25, -0.2) is 0 Å². The van der Waals surface area contributed by atoms with Crippen LogP contribution in [0.2, 0.25) is 0 Å². The molecule has 2 rings (SSSR count). The molecule has 134 valence electrons. The zero-order chi connectivity index (χ0) is 15.2. The third-order valence-corrected chi connectivity index (χ3v) is 3.10. The van der Waals surface area contributed by atoms with E-state index in [4.69, 9.17) is 5.73 Å². The van der Waals surface area contributed by atoms with Crippen molar-refractivity contribution in [2.45, 2.75) is 40.2 Å². The number of aryl methyl sites for hydroxylation is 2. The van der Waals surface area contributed by atoms with Crippen molar-refractivity contribution in [3.05, 3.63) is 60.5 Å². The Balaban J connectivity index is -0.0000000871. The summed E-state index contributed by atoms with van der Waals surface area (Å²) < 4.78 is 1.20. The summed E-state index contributed by atoms with van der Waals surface area (Å²) in [5.41, 5.74) is 9.36. The first-order chi connectivity index (χ1) is 8.68. The Morgan fingerprint density at radius 2 is 1.48 bits per heavy atom. The van der Waals surface area contributed by atoms with Crippen LogP contribution < -0.4 is 0 Å². The summed E-state index contributed by atoms with van der Waals surface area (Å²) in [4.78, 5) is 0. The van der Waals surface area contributed by atoms with Crippen LogP contribution in [-0.4, -0.2) is 12.4 Å². The zero-order valence-corrected chi connectivity index (χ0v) is 21.7. The molecule has 0 heterocycles. The maximum atomic E-state index is 6.94. The van der Waals surface area contributed by atoms with E-state index >= 15 is 0 Å². The van der Waals surface area contributed by atoms with Gasteiger partial charge in [0.1, 0.15) is 0 Å². The van der Waals surface area contributed by atoms with Gasteiger partial charge in [0.25, 0.3) is 0 Å². The summed E-state index contributed by atoms with van der Waals surface area (Å²) in [6.45, 7) is 12.9. The molecule has 0 aliphatic heterocycles. The Bertz CT molecular complexity index is 533. The fourth-order valence-corrected chi connectivity index (χ4v) is 1.90. The van der Waals surface area contributed by atoms with Crippen molar-refractivity contribution in [1.29, 1.82) is 0 Å². The van der Waals surface area contributed by atoms with Crippen LogP contribution in [0.15, 0.2) is 28.7 Å². The first kappa shape index (κ1) is 35.1. The van der Waals surface area contributed by atoms with Gasteiger partial charge in [-0.1, -0.05) is 55.3 Å². The molecule has 0 aliphatic rings. The molecule has 0 aromatic heterocycles. The zero-order valence-electron chi connectivity index (χ0n) is 15.0. The van der Waals surface area contributed by atoms with Crippen LogP contribution in [0.25, 0.3) is 16.5 Å². The minimum atomic E-state index is -0.250. The van der Waals surface area contributed by atoms with Gasteiger partial charge in [-0.3, -0.25) is 0 Å². The maximum absolute atomic E-state index is 6.94. The number of hydrogen-bond acceptors (Lipinski definition) is 0. The SMILES string of the molecule is CC(C)(C)[NH-].Cc1cc2c(C)c(Br)ccc2[cH-]1.Cl.Cl.[CH3-].[CH3-].[Si]=[Zr]. The van der Waals surface area contributed by atoms with E-state index in [1.807, 2.05) is 20.8 Å². The third kappa shape index (κ3) is 15.0. The van der Waals surface area contributed by atoms with Crippen molar-refractivity contribution in [1.82, 2.24) is 0 Å². The van der Waals surface area contributed by atoms with Gasteiger partial charge in [0.2, 0.25) is 0 Å². The molecule has 0 saturated carbocycles. The predicted molar refractivity (Wildman–Crippen MR) is 114 cm³/mol. The van der Waals surface area contributed by atoms with Crippen LogP contribution >= 0.6 is 40.7 Å². The number of hydrogen-bond donors (Lipinski definition) is 0. The van der Waals surface area contributed by atoms with Crippen LogP contribution in [-0.2, 0) is 23.3 Å². The Kier molecular flexibility index (Phi) is 25.1. The Labute approximate surface area is 181 Å². The normalized spacial score (nSPS) is 8.43. The van der Waals surface area contributed by atoms with E-state index in [9.17, 15) is 0 Å². The van der Waals surface area contributed by atoms with Gasteiger partial charge in [0.15, 0.2) is 0 Å². The van der Waals surface area contributed by atoms with Crippen molar-refractivity contribution in [3.63, 3.8) is 0 Å². The summed E-state index contributed by atoms with van der Waals surface area (Å²) >= 11 is 4.88. The second-order valence-corrected chi connectivity index (χ2v) is 6.31. The molecule has 0 atom stereocenters. The number of nitrogens with one attached hydrogen (secondary N) is 1. The molecule has 0 fully saturated rings. The average Bonchev–Trinajstić information content (AvgIpc) is 2.66. The molecule has 1 N–H and O–H groups in total. The molecule has 0 aliphatic carbocycles. The second-order valence-electron chi connectivity index (χ2n) is 5.46. The topological polar surface area (TPSA) is 23.8 Å². The molecule has 0 spiro atoms. The molecule has 6 heteroatoms. The number of benzene rings is 1. The molecule has 23 heavy (non-hydrogen) atoms. The summed E-state index contributed by atoms with van der Waals surface area (Å²) in [5, 5.41) is 2.70. The van der Waals surface area contributed by atoms with Crippen molar-refractivity contribution in [3.8, 4) is 0 Å². The second kappa shape index (κ2) is 16.4. The van der Waals surface area contributed by atoms with E-state index in [0.717, 1.165) is 0 Å². The molecule has 2 aromatic rings. The molecule has 0 bridgehead atoms. The van der Waals surface area contributed by atoms with Gasteiger partial charge in [-0.15, -0.1) is 58.8 Å². The van der Waals surface area contributed by atoms with E-state index in [1.165, 1.54) is 49.7 Å². The monoisotopic (exact) mass is 513 g/mol. The van der Waals surface area contributed by atoms with Gasteiger partial charge >= 0.3 is 30.2 Å². The summed E-state index contributed by atoms with van der Waals surface area (Å²) in [6.07, 6.45) is 0. The van der Waals surface area contributed by atoms with Gasteiger partial charge in [-0.05, 0) is 6.92 Å². The van der Waals surface area contributed by atoms with Crippen molar-refractivity contribution >= 4 is 58.4 Å². The Hall–Kier alpha value is 0.950. The Morgan fingerprint density at radius 1 is 1.09 bits per heavy atom. The molecule has 0 unspecified atom stereocenters. The van der Waals surface area contributed by atoms with Crippen molar-refractivity contribution < 1.29 is 23.3 Å². The fraction of sp³-hybridized carbons (Fsp3) is 0.353. The summed E-state index contributed by atoms with van der Waals surface area (Å²) in [6, 6.07) is 8.71. The Morgan fingerprint density at radius 3 is 1.87 bits per heavy atom. The van der Waals surface area contributed by atoms with Crippen LogP contribution in [0.4, 0.5) is 0 Å². The van der Waals surface area contributed by atoms with E-state index in [-0.39, 0.29) is 45.2 Å². The van der Waals surface area contributed by atoms with E-state index in [2.05, 4.69) is 60.9 Å². The van der Waals surface area contributed by atoms with Gasteiger partial charge in [0.05, 0.1) is 0 Å². The van der Waals surface area contributed by atoms with Crippen LogP contribution in [0.3, 0.4) is 0 Å². The van der Waals surface area contributed by atoms with Crippen LogP contribution in [0.1, 0.15) is 31.9 Å². The average molecular weight is 517 g/mol. The quantitative estimate of drug-likeness (QED) is 0.263. The third-order valence-electron chi connectivity index (χ3n) is 2.24. The van der Waals surface area contributed by atoms with E-state index in [0.29, 0.717) is 0 Å². The van der Waals surface area contributed by atoms with E-state index < -0.39 is 0 Å². The molecular weight excluding hydrogens is 488 g/mol. The van der Waals surface area contributed by atoms with Gasteiger partial charge in [0, 0.05) is 4.47 Å². The van der Waals surface area contributed by atoms with Crippen LogP contribution in [0.5, 0.6) is 0 Å². The summed E-state index contributed by atoms with van der Waals surface area (Å²) in [5.74, 6) is 0. The molecular formula is C17H28BrCl2NSiZr-4. The number of fused-ring (bicyclic) bond motifs is 1. The first-order valence-corrected chi connectivity index (χ1v) is 11.0. The molecule has 2 aromatic carbocycles. The van der Waals surface area contributed by atoms with E-state index in [1.54, 1.807) is 0 Å². The molecule has 2 radical (unpaired) electrons. The van der Waals surface area contributed by atoms with Gasteiger partial charge in [-0.2, -0.15) is 6.07 Å². The number of rotatable bonds is 0. The van der Waals surface area contributed by atoms with Crippen LogP contribution in [0, 0.1) is 28.7 Å². The first-order valence-electron chi connectivity index (χ1n) is 6.00. The van der Waals surface area contributed by atoms with Gasteiger partial charge < -0.3 is 20.6 Å². The van der Waals surface area contributed by atoms with Crippen molar-refractivity contribution in [2.24, 2.45) is 0 Å². The van der Waals surface area contributed by atoms with Crippen molar-refractivity contribution in [2.75, 3.05) is 0 Å². The fourth-order valence-electron chi connectivity index (χ4n) is 1.55. The summed E-state index contributed by atoms with van der Waals surface area (Å²) in [7, 11) is 0. The molecule has 1 nitrogen and oxygen atoms in total. The molecule has 0 saturated heterocycles. The predicted octanol–water partition coefficient (Wildman–Crippen LogP) is 7.14.